The predicted molar refractivity (Wildman–Crippen MR) is 132 cm³/mol. The van der Waals surface area contributed by atoms with Gasteiger partial charge < -0.3 is 20.3 Å². The highest BCUT2D eigenvalue weighted by atomic mass is 16.5. The number of imide groups is 1. The minimum Gasteiger partial charge on any atom is -0.494 e. The van der Waals surface area contributed by atoms with Crippen molar-refractivity contribution in [2.75, 3.05) is 32.6 Å². The van der Waals surface area contributed by atoms with E-state index in [0.717, 1.165) is 11.3 Å². The van der Waals surface area contributed by atoms with Crippen LogP contribution in [0, 0.1) is 5.92 Å². The van der Waals surface area contributed by atoms with E-state index in [1.54, 1.807) is 69.6 Å². The number of nitrogens with one attached hydrogen (secondary N) is 2. The number of carbonyl (C=O) groups is 4. The van der Waals surface area contributed by atoms with Gasteiger partial charge in [-0.15, -0.1) is 0 Å². The Balaban J connectivity index is 1.62. The van der Waals surface area contributed by atoms with Crippen molar-refractivity contribution in [2.24, 2.45) is 5.92 Å². The summed E-state index contributed by atoms with van der Waals surface area (Å²) in [7, 11) is 3.31. The Labute approximate surface area is 205 Å². The molecule has 1 aliphatic rings. The maximum absolute atomic E-state index is 13.1. The highest BCUT2D eigenvalue weighted by molar-refractivity contribution is 6.10. The molecule has 0 aliphatic carbocycles. The third kappa shape index (κ3) is 5.98. The van der Waals surface area contributed by atoms with Gasteiger partial charge in [0, 0.05) is 25.3 Å². The molecule has 5 amide bonds. The Morgan fingerprint density at radius 1 is 1.06 bits per heavy atom. The quantitative estimate of drug-likeness (QED) is 0.536. The summed E-state index contributed by atoms with van der Waals surface area (Å²) in [5.41, 5.74) is 0.237. The molecule has 186 valence electrons. The van der Waals surface area contributed by atoms with Crippen molar-refractivity contribution >= 4 is 29.4 Å². The molecular formula is C26H32N4O5. The fraction of sp³-hybridized carbons (Fsp3) is 0.385. The van der Waals surface area contributed by atoms with E-state index in [-0.39, 0.29) is 5.91 Å². The third-order valence-corrected chi connectivity index (χ3v) is 5.79. The Morgan fingerprint density at radius 3 is 2.26 bits per heavy atom. The van der Waals surface area contributed by atoms with Gasteiger partial charge in [-0.05, 0) is 61.2 Å². The lowest BCUT2D eigenvalue weighted by atomic mass is 9.92. The van der Waals surface area contributed by atoms with Gasteiger partial charge in [-0.25, -0.2) is 4.79 Å². The highest BCUT2D eigenvalue weighted by Crippen LogP contribution is 2.30. The van der Waals surface area contributed by atoms with E-state index in [2.05, 4.69) is 24.5 Å². The van der Waals surface area contributed by atoms with Crippen LogP contribution in [0.25, 0.3) is 0 Å². The van der Waals surface area contributed by atoms with Gasteiger partial charge in [-0.2, -0.15) is 0 Å². The molecule has 0 saturated carbocycles. The second kappa shape index (κ2) is 10.6. The minimum atomic E-state index is -1.29. The maximum atomic E-state index is 13.1. The summed E-state index contributed by atoms with van der Waals surface area (Å²) in [4.78, 5) is 52.6. The zero-order chi connectivity index (χ0) is 25.8. The van der Waals surface area contributed by atoms with Crippen LogP contribution >= 0.6 is 0 Å². The molecule has 0 bridgehead atoms. The summed E-state index contributed by atoms with van der Waals surface area (Å²) in [6.45, 7) is 6.02. The van der Waals surface area contributed by atoms with E-state index in [4.69, 9.17) is 4.74 Å². The summed E-state index contributed by atoms with van der Waals surface area (Å²) in [5, 5.41) is 5.35. The van der Waals surface area contributed by atoms with Crippen molar-refractivity contribution in [3.63, 3.8) is 0 Å². The van der Waals surface area contributed by atoms with Gasteiger partial charge in [0.2, 0.25) is 5.91 Å². The van der Waals surface area contributed by atoms with E-state index in [1.165, 1.54) is 4.90 Å². The van der Waals surface area contributed by atoms with E-state index in [0.29, 0.717) is 35.1 Å². The first-order chi connectivity index (χ1) is 16.5. The molecule has 1 heterocycles. The van der Waals surface area contributed by atoms with Crippen LogP contribution in [0.15, 0.2) is 48.5 Å². The number of benzene rings is 2. The first kappa shape index (κ1) is 25.7. The number of rotatable bonds is 9. The average Bonchev–Trinajstić information content (AvgIpc) is 3.03. The SMILES string of the molecule is CC(C)CCOc1ccc([C@@]2(C)NC(=O)N(CC(=O)Nc3ccc(C(=O)N(C)C)cc3)C2=O)cc1. The number of hydrogen-bond acceptors (Lipinski definition) is 5. The van der Waals surface area contributed by atoms with Crippen LogP contribution < -0.4 is 15.4 Å². The van der Waals surface area contributed by atoms with E-state index in [9.17, 15) is 19.2 Å². The fourth-order valence-corrected chi connectivity index (χ4v) is 3.63. The molecule has 1 saturated heterocycles. The van der Waals surface area contributed by atoms with Crippen LogP contribution in [0.3, 0.4) is 0 Å². The number of amides is 5. The van der Waals surface area contributed by atoms with Crippen molar-refractivity contribution in [2.45, 2.75) is 32.7 Å². The predicted octanol–water partition coefficient (Wildman–Crippen LogP) is 3.22. The zero-order valence-electron chi connectivity index (χ0n) is 20.8. The van der Waals surface area contributed by atoms with Gasteiger partial charge in [0.25, 0.3) is 11.8 Å². The van der Waals surface area contributed by atoms with Crippen LogP contribution in [0.2, 0.25) is 0 Å². The zero-order valence-corrected chi connectivity index (χ0v) is 20.8. The molecule has 2 N–H and O–H groups in total. The molecule has 9 nitrogen and oxygen atoms in total. The first-order valence-electron chi connectivity index (χ1n) is 11.5. The largest absolute Gasteiger partial charge is 0.494 e. The van der Waals surface area contributed by atoms with Crippen LogP contribution in [-0.4, -0.2) is 60.8 Å². The standard InChI is InChI=1S/C26H32N4O5/c1-17(2)14-15-35-21-12-8-19(9-13-21)26(3)24(33)30(25(34)28-26)16-22(31)27-20-10-6-18(7-11-20)23(32)29(4)5/h6-13,17H,14-16H2,1-5H3,(H,27,31)(H,28,34)/t26-/m1/s1. The summed E-state index contributed by atoms with van der Waals surface area (Å²) in [6.07, 6.45) is 0.934. The number of nitrogens with zero attached hydrogens (tertiary/aromatic N) is 2. The van der Waals surface area contributed by atoms with Crippen LogP contribution in [0.4, 0.5) is 10.5 Å². The molecule has 1 fully saturated rings. The second-order valence-electron chi connectivity index (χ2n) is 9.33. The van der Waals surface area contributed by atoms with E-state index in [1.807, 2.05) is 0 Å². The molecule has 9 heteroatoms. The van der Waals surface area contributed by atoms with Gasteiger partial charge in [-0.3, -0.25) is 19.3 Å². The average molecular weight is 481 g/mol. The summed E-state index contributed by atoms with van der Waals surface area (Å²) < 4.78 is 5.72. The highest BCUT2D eigenvalue weighted by Gasteiger charge is 2.49. The van der Waals surface area contributed by atoms with Crippen molar-refractivity contribution in [3.8, 4) is 5.75 Å². The smallest absolute Gasteiger partial charge is 0.325 e. The molecule has 1 aliphatic heterocycles. The maximum Gasteiger partial charge on any atom is 0.325 e. The topological polar surface area (TPSA) is 108 Å². The molecule has 1 atom stereocenters. The van der Waals surface area contributed by atoms with Gasteiger partial charge in [0.15, 0.2) is 0 Å². The number of hydrogen-bond donors (Lipinski definition) is 2. The lowest BCUT2D eigenvalue weighted by molar-refractivity contribution is -0.133. The molecule has 0 spiro atoms. The molecular weight excluding hydrogens is 448 g/mol. The minimum absolute atomic E-state index is 0.156. The molecule has 0 radical (unpaired) electrons. The third-order valence-electron chi connectivity index (χ3n) is 5.79. The molecule has 2 aromatic rings. The number of urea groups is 1. The van der Waals surface area contributed by atoms with Gasteiger partial charge in [-0.1, -0.05) is 26.0 Å². The number of ether oxygens (including phenoxy) is 1. The van der Waals surface area contributed by atoms with Gasteiger partial charge >= 0.3 is 6.03 Å². The van der Waals surface area contributed by atoms with Crippen LogP contribution in [-0.2, 0) is 15.1 Å². The van der Waals surface area contributed by atoms with Gasteiger partial charge in [0.1, 0.15) is 17.8 Å². The summed E-state index contributed by atoms with van der Waals surface area (Å²) >= 11 is 0. The van der Waals surface area contributed by atoms with Crippen molar-refractivity contribution < 1.29 is 23.9 Å². The van der Waals surface area contributed by atoms with Crippen LogP contribution in [0.5, 0.6) is 5.75 Å². The molecule has 0 unspecified atom stereocenters. The lowest BCUT2D eigenvalue weighted by Crippen LogP contribution is -2.42. The summed E-state index contributed by atoms with van der Waals surface area (Å²) in [6, 6.07) is 12.7. The first-order valence-corrected chi connectivity index (χ1v) is 11.5. The summed E-state index contributed by atoms with van der Waals surface area (Å²) in [5.74, 6) is 0.0201. The molecule has 35 heavy (non-hydrogen) atoms. The Morgan fingerprint density at radius 2 is 1.69 bits per heavy atom. The van der Waals surface area contributed by atoms with E-state index >= 15 is 0 Å². The number of anilines is 1. The normalized spacial score (nSPS) is 17.4. The van der Waals surface area contributed by atoms with Gasteiger partial charge in [0.05, 0.1) is 6.61 Å². The Kier molecular flexibility index (Phi) is 7.78. The number of carbonyl (C=O) groups excluding carboxylic acids is 4. The molecule has 3 rings (SSSR count). The monoisotopic (exact) mass is 480 g/mol. The Bertz CT molecular complexity index is 1100. The van der Waals surface area contributed by atoms with Crippen LogP contribution in [0.1, 0.15) is 43.1 Å². The van der Waals surface area contributed by atoms with Crippen molar-refractivity contribution in [1.29, 1.82) is 0 Å². The lowest BCUT2D eigenvalue weighted by Gasteiger charge is -2.22. The van der Waals surface area contributed by atoms with Crippen molar-refractivity contribution in [1.82, 2.24) is 15.1 Å². The van der Waals surface area contributed by atoms with E-state index < -0.39 is 29.9 Å². The Hall–Kier alpha value is -3.88. The second-order valence-corrected chi connectivity index (χ2v) is 9.33. The fourth-order valence-electron chi connectivity index (χ4n) is 3.63. The molecule has 2 aromatic carbocycles. The molecule has 0 aromatic heterocycles. The van der Waals surface area contributed by atoms with Crippen molar-refractivity contribution in [3.05, 3.63) is 59.7 Å².